The molecule has 0 bridgehead atoms. The summed E-state index contributed by atoms with van der Waals surface area (Å²) in [6, 6.07) is 9.36. The van der Waals surface area contributed by atoms with Crippen LogP contribution >= 0.6 is 0 Å². The number of benzene rings is 1. The average molecular weight is 452 g/mol. The van der Waals surface area contributed by atoms with Gasteiger partial charge in [-0.15, -0.1) is 0 Å². The maximum Gasteiger partial charge on any atom is 0.308 e. The van der Waals surface area contributed by atoms with Crippen LogP contribution in [0.15, 0.2) is 47.5 Å². The van der Waals surface area contributed by atoms with E-state index in [9.17, 15) is 19.2 Å². The van der Waals surface area contributed by atoms with Gasteiger partial charge in [0, 0.05) is 18.9 Å². The van der Waals surface area contributed by atoms with Crippen LogP contribution < -0.4 is 16.2 Å². The van der Waals surface area contributed by atoms with Crippen LogP contribution in [-0.2, 0) is 10.3 Å². The van der Waals surface area contributed by atoms with Gasteiger partial charge < -0.3 is 20.7 Å². The summed E-state index contributed by atoms with van der Waals surface area (Å²) in [7, 11) is 0. The van der Waals surface area contributed by atoms with Crippen LogP contribution in [0.1, 0.15) is 47.3 Å². The first kappa shape index (κ1) is 23.4. The van der Waals surface area contributed by atoms with Gasteiger partial charge in [0.15, 0.2) is 5.82 Å². The molecule has 3 aromatic rings. The van der Waals surface area contributed by atoms with E-state index in [1.54, 1.807) is 20.0 Å². The molecule has 0 aliphatic heterocycles. The van der Waals surface area contributed by atoms with Crippen LogP contribution in [0.2, 0.25) is 0 Å². The fraction of sp³-hybridized carbons (Fsp3) is 0.273. The van der Waals surface area contributed by atoms with E-state index in [1.165, 1.54) is 6.92 Å². The maximum absolute atomic E-state index is 12.7. The Morgan fingerprint density at radius 2 is 1.82 bits per heavy atom. The van der Waals surface area contributed by atoms with E-state index in [4.69, 9.17) is 5.11 Å². The molecule has 0 fully saturated rings. The zero-order chi connectivity index (χ0) is 24.2. The van der Waals surface area contributed by atoms with Crippen LogP contribution in [0.4, 0.5) is 0 Å². The van der Waals surface area contributed by atoms with Gasteiger partial charge in [0.05, 0.1) is 17.2 Å². The van der Waals surface area contributed by atoms with Crippen molar-refractivity contribution >= 4 is 17.8 Å². The number of H-pyrrole nitrogens is 2. The summed E-state index contributed by atoms with van der Waals surface area (Å²) in [6.45, 7) is 4.89. The number of rotatable bonds is 8. The number of amides is 2. The molecule has 2 amide bonds. The summed E-state index contributed by atoms with van der Waals surface area (Å²) in [4.78, 5) is 54.1. The first-order valence-corrected chi connectivity index (χ1v) is 10.1. The van der Waals surface area contributed by atoms with Crippen molar-refractivity contribution in [3.05, 3.63) is 70.0 Å². The summed E-state index contributed by atoms with van der Waals surface area (Å²) in [5.74, 6) is -3.59. The monoisotopic (exact) mass is 452 g/mol. The van der Waals surface area contributed by atoms with Crippen LogP contribution in [-0.4, -0.2) is 49.6 Å². The topological polar surface area (TPSA) is 170 Å². The van der Waals surface area contributed by atoms with Crippen LogP contribution in [0.3, 0.4) is 0 Å². The molecular formula is C22H24N6O5. The van der Waals surface area contributed by atoms with Gasteiger partial charge in [-0.3, -0.25) is 24.3 Å². The number of carboxylic acids is 1. The lowest BCUT2D eigenvalue weighted by Gasteiger charge is -2.27. The number of aliphatic carboxylic acids is 1. The summed E-state index contributed by atoms with van der Waals surface area (Å²) in [5, 5.41) is 20.8. The quantitative estimate of drug-likeness (QED) is 0.343. The Morgan fingerprint density at radius 1 is 1.12 bits per heavy atom. The summed E-state index contributed by atoms with van der Waals surface area (Å²) >= 11 is 0. The second kappa shape index (κ2) is 9.47. The van der Waals surface area contributed by atoms with Crippen molar-refractivity contribution in [2.24, 2.45) is 5.92 Å². The van der Waals surface area contributed by atoms with Gasteiger partial charge in [-0.05, 0) is 31.0 Å². The fourth-order valence-corrected chi connectivity index (χ4v) is 3.00. The van der Waals surface area contributed by atoms with Crippen molar-refractivity contribution in [2.75, 3.05) is 6.54 Å². The van der Waals surface area contributed by atoms with Crippen LogP contribution in [0.25, 0.3) is 11.3 Å². The third-order valence-electron chi connectivity index (χ3n) is 5.09. The number of hydrogen-bond acceptors (Lipinski definition) is 6. The molecule has 0 aliphatic carbocycles. The summed E-state index contributed by atoms with van der Waals surface area (Å²) in [5.41, 5.74) is 0.760. The molecule has 0 aliphatic rings. The molecule has 0 spiro atoms. The molecule has 0 saturated heterocycles. The lowest BCUT2D eigenvalue weighted by Crippen LogP contribution is -2.43. The number of carboxylic acid groups (broad SMARTS) is 1. The largest absolute Gasteiger partial charge is 0.481 e. The molecular weight excluding hydrogens is 428 g/mol. The predicted molar refractivity (Wildman–Crippen MR) is 119 cm³/mol. The van der Waals surface area contributed by atoms with Gasteiger partial charge in [-0.1, -0.05) is 31.2 Å². The number of nitrogens with one attached hydrogen (secondary N) is 4. The minimum Gasteiger partial charge on any atom is -0.481 e. The second-order valence-corrected chi connectivity index (χ2v) is 8.05. The molecule has 11 nitrogen and oxygen atoms in total. The Balaban J connectivity index is 1.69. The number of carbonyl (C=O) groups is 3. The van der Waals surface area contributed by atoms with Crippen LogP contribution in [0, 0.1) is 5.92 Å². The predicted octanol–water partition coefficient (Wildman–Crippen LogP) is 1.28. The maximum atomic E-state index is 12.7. The molecule has 0 unspecified atom stereocenters. The zero-order valence-electron chi connectivity index (χ0n) is 18.3. The van der Waals surface area contributed by atoms with E-state index in [-0.39, 0.29) is 17.9 Å². The lowest BCUT2D eigenvalue weighted by molar-refractivity contribution is -0.140. The van der Waals surface area contributed by atoms with Gasteiger partial charge in [-0.2, -0.15) is 5.10 Å². The first-order chi connectivity index (χ1) is 15.6. The highest BCUT2D eigenvalue weighted by atomic mass is 16.4. The van der Waals surface area contributed by atoms with Crippen molar-refractivity contribution < 1.29 is 19.5 Å². The van der Waals surface area contributed by atoms with Crippen molar-refractivity contribution in [2.45, 2.75) is 26.3 Å². The number of nitrogens with zero attached hydrogens (tertiary/aromatic N) is 2. The Hall–Kier alpha value is -4.28. The molecule has 11 heteroatoms. The average Bonchev–Trinajstić information content (AvgIpc) is 3.31. The molecule has 2 heterocycles. The molecule has 0 saturated carbocycles. The minimum absolute atomic E-state index is 0.131. The number of aromatic amines is 2. The Bertz CT molecular complexity index is 1210. The SMILES string of the molecule is C[C@@H](CNC(=O)c1ncc(C(=O)NC(C)(C)c2ccc(-c3ccn[nH]3)cc2)c(=O)[nH]1)C(=O)O. The van der Waals surface area contributed by atoms with Gasteiger partial charge in [0.25, 0.3) is 17.4 Å². The van der Waals surface area contributed by atoms with Gasteiger partial charge >= 0.3 is 5.97 Å². The van der Waals surface area contributed by atoms with Gasteiger partial charge in [0.2, 0.25) is 0 Å². The Labute approximate surface area is 188 Å². The van der Waals surface area contributed by atoms with Crippen molar-refractivity contribution in [3.63, 3.8) is 0 Å². The molecule has 33 heavy (non-hydrogen) atoms. The highest BCUT2D eigenvalue weighted by Gasteiger charge is 2.25. The van der Waals surface area contributed by atoms with E-state index < -0.39 is 34.8 Å². The van der Waals surface area contributed by atoms with E-state index >= 15 is 0 Å². The number of aromatic nitrogens is 4. The van der Waals surface area contributed by atoms with Gasteiger partial charge in [-0.25, -0.2) is 4.98 Å². The number of carbonyl (C=O) groups excluding carboxylic acids is 2. The standard InChI is InChI=1S/C22H24N6O5/c1-12(21(32)33)10-24-20(31)17-23-11-15(18(29)26-17)19(30)27-22(2,3)14-6-4-13(5-7-14)16-8-9-25-28-16/h4-9,11-12H,10H2,1-3H3,(H,24,31)(H,25,28)(H,27,30)(H,32,33)(H,23,26,29)/t12-/m0/s1. The highest BCUT2D eigenvalue weighted by molar-refractivity contribution is 5.95. The third-order valence-corrected chi connectivity index (χ3v) is 5.09. The van der Waals surface area contributed by atoms with Crippen molar-refractivity contribution in [1.82, 2.24) is 30.8 Å². The third kappa shape index (κ3) is 5.50. The van der Waals surface area contributed by atoms with Crippen molar-refractivity contribution in [1.29, 1.82) is 0 Å². The molecule has 0 radical (unpaired) electrons. The number of hydrogen-bond donors (Lipinski definition) is 5. The second-order valence-electron chi connectivity index (χ2n) is 8.05. The molecule has 1 atom stereocenters. The Kier molecular flexibility index (Phi) is 6.71. The minimum atomic E-state index is -1.07. The highest BCUT2D eigenvalue weighted by Crippen LogP contribution is 2.24. The first-order valence-electron chi connectivity index (χ1n) is 10.1. The fourth-order valence-electron chi connectivity index (χ4n) is 3.00. The van der Waals surface area contributed by atoms with E-state index in [0.29, 0.717) is 0 Å². The zero-order valence-corrected chi connectivity index (χ0v) is 18.3. The molecule has 5 N–H and O–H groups in total. The summed E-state index contributed by atoms with van der Waals surface area (Å²) < 4.78 is 0. The normalized spacial score (nSPS) is 12.1. The van der Waals surface area contributed by atoms with Crippen molar-refractivity contribution in [3.8, 4) is 11.3 Å². The lowest BCUT2D eigenvalue weighted by atomic mass is 9.92. The molecule has 1 aromatic carbocycles. The van der Waals surface area contributed by atoms with Gasteiger partial charge in [0.1, 0.15) is 5.56 Å². The van der Waals surface area contributed by atoms with Crippen LogP contribution in [0.5, 0.6) is 0 Å². The Morgan fingerprint density at radius 3 is 2.39 bits per heavy atom. The molecule has 2 aromatic heterocycles. The molecule has 172 valence electrons. The van der Waals surface area contributed by atoms with E-state index in [2.05, 4.69) is 30.8 Å². The van der Waals surface area contributed by atoms with E-state index in [0.717, 1.165) is 23.0 Å². The molecule has 3 rings (SSSR count). The summed E-state index contributed by atoms with van der Waals surface area (Å²) in [6.07, 6.45) is 2.67. The van der Waals surface area contributed by atoms with E-state index in [1.807, 2.05) is 30.3 Å². The smallest absolute Gasteiger partial charge is 0.308 e.